The third-order valence-electron chi connectivity index (χ3n) is 5.47. The first-order valence-electron chi connectivity index (χ1n) is 10.3. The molecule has 0 spiro atoms. The number of nitrogens with one attached hydrogen (secondary N) is 1. The molecule has 13 heteroatoms. The lowest BCUT2D eigenvalue weighted by Crippen LogP contribution is -2.44. The van der Waals surface area contributed by atoms with Gasteiger partial charge < -0.3 is 34.7 Å². The van der Waals surface area contributed by atoms with Gasteiger partial charge in [0.15, 0.2) is 17.0 Å². The van der Waals surface area contributed by atoms with Gasteiger partial charge in [0.1, 0.15) is 35.8 Å². The number of thioether (sulfide) groups is 1. The Balaban J connectivity index is 1.94. The monoisotopic (exact) mass is 481 g/mol. The fraction of sp³-hybridized carbons (Fsp3) is 0.600. The van der Waals surface area contributed by atoms with Crippen molar-refractivity contribution in [3.63, 3.8) is 0 Å². The van der Waals surface area contributed by atoms with Gasteiger partial charge in [0.25, 0.3) is 0 Å². The molecule has 4 heterocycles. The summed E-state index contributed by atoms with van der Waals surface area (Å²) in [6, 6.07) is 0. The van der Waals surface area contributed by atoms with E-state index >= 15 is 0 Å². The van der Waals surface area contributed by atoms with E-state index in [-0.39, 0.29) is 23.7 Å². The van der Waals surface area contributed by atoms with E-state index in [0.717, 1.165) is 0 Å². The summed E-state index contributed by atoms with van der Waals surface area (Å²) in [5.74, 6) is -0.262. The first kappa shape index (κ1) is 23.7. The molecular weight excluding hydrogens is 454 g/mol. The van der Waals surface area contributed by atoms with Gasteiger partial charge in [-0.15, -0.1) is 0 Å². The Kier molecular flexibility index (Phi) is 5.81. The van der Waals surface area contributed by atoms with Gasteiger partial charge in [-0.3, -0.25) is 9.69 Å². The number of nitrogens with zero attached hydrogens (tertiary/aromatic N) is 4. The fourth-order valence-corrected chi connectivity index (χ4v) is 4.31. The molecule has 2 amide bonds. The van der Waals surface area contributed by atoms with Gasteiger partial charge in [-0.1, -0.05) is 11.8 Å². The molecule has 4 atom stereocenters. The lowest BCUT2D eigenvalue weighted by Gasteiger charge is -2.28. The number of aliphatic hydroxyl groups excluding tert-OH is 2. The molecule has 2 aliphatic rings. The number of hydrogen-bond acceptors (Lipinski definition) is 10. The Bertz CT molecular complexity index is 1110. The Morgan fingerprint density at radius 1 is 1.42 bits per heavy atom. The van der Waals surface area contributed by atoms with Crippen LogP contribution in [-0.2, 0) is 14.3 Å². The van der Waals surface area contributed by atoms with Crippen molar-refractivity contribution in [2.45, 2.75) is 62.5 Å². The summed E-state index contributed by atoms with van der Waals surface area (Å²) >= 11 is 1.24. The number of carbonyl (C=O) groups is 2. The van der Waals surface area contributed by atoms with Crippen LogP contribution in [0.1, 0.15) is 33.9 Å². The third-order valence-corrected chi connectivity index (χ3v) is 6.01. The van der Waals surface area contributed by atoms with Gasteiger partial charge in [-0.05, 0) is 34.0 Å². The van der Waals surface area contributed by atoms with E-state index < -0.39 is 48.2 Å². The molecule has 180 valence electrons. The van der Waals surface area contributed by atoms with E-state index in [2.05, 4.69) is 15.3 Å². The van der Waals surface area contributed by atoms with Crippen molar-refractivity contribution in [2.75, 3.05) is 29.6 Å². The molecule has 0 bridgehead atoms. The zero-order valence-corrected chi connectivity index (χ0v) is 19.7. The Morgan fingerprint density at radius 2 is 2.12 bits per heavy atom. The van der Waals surface area contributed by atoms with Crippen LogP contribution in [0.3, 0.4) is 0 Å². The average molecular weight is 482 g/mol. The molecule has 2 aromatic heterocycles. The minimum absolute atomic E-state index is 0.200. The summed E-state index contributed by atoms with van der Waals surface area (Å²) < 4.78 is 12.8. The predicted molar refractivity (Wildman–Crippen MR) is 119 cm³/mol. The van der Waals surface area contributed by atoms with Crippen LogP contribution in [0.2, 0.25) is 0 Å². The number of rotatable bonds is 3. The van der Waals surface area contributed by atoms with Crippen molar-refractivity contribution in [3.8, 4) is 0 Å². The first-order valence-corrected chi connectivity index (χ1v) is 11.5. The average Bonchev–Trinajstić information content (AvgIpc) is 3.13. The zero-order chi connectivity index (χ0) is 24.3. The summed E-state index contributed by atoms with van der Waals surface area (Å²) in [4.78, 5) is 35.7. The van der Waals surface area contributed by atoms with Crippen LogP contribution in [0.5, 0.6) is 0 Å². The molecular formula is C20H27N5O7S. The molecule has 2 unspecified atom stereocenters. The molecule has 1 saturated heterocycles. The minimum Gasteiger partial charge on any atom is -0.443 e. The van der Waals surface area contributed by atoms with Crippen LogP contribution in [0.15, 0.2) is 11.4 Å². The number of hydrogen-bond donors (Lipinski definition) is 4. The predicted octanol–water partition coefficient (Wildman–Crippen LogP) is 0.848. The molecule has 0 radical (unpaired) electrons. The maximum absolute atomic E-state index is 13.0. The second kappa shape index (κ2) is 8.09. The highest BCUT2D eigenvalue weighted by atomic mass is 32.2. The highest BCUT2D eigenvalue weighted by Gasteiger charge is 2.53. The second-order valence-electron chi connectivity index (χ2n) is 9.17. The van der Waals surface area contributed by atoms with Crippen LogP contribution in [0.25, 0.3) is 11.0 Å². The second-order valence-corrected chi connectivity index (χ2v) is 9.95. The van der Waals surface area contributed by atoms with Gasteiger partial charge in [-0.25, -0.2) is 14.8 Å². The van der Waals surface area contributed by atoms with Crippen molar-refractivity contribution >= 4 is 46.3 Å². The highest BCUT2D eigenvalue weighted by molar-refractivity contribution is 7.98. The molecule has 33 heavy (non-hydrogen) atoms. The van der Waals surface area contributed by atoms with Crippen LogP contribution in [0, 0.1) is 0 Å². The minimum atomic E-state index is -1.79. The Morgan fingerprint density at radius 3 is 2.70 bits per heavy atom. The van der Waals surface area contributed by atoms with E-state index in [4.69, 9.17) is 9.47 Å². The quantitative estimate of drug-likeness (QED) is 0.366. The van der Waals surface area contributed by atoms with E-state index in [9.17, 15) is 24.9 Å². The van der Waals surface area contributed by atoms with Crippen LogP contribution in [-0.4, -0.2) is 84.7 Å². The van der Waals surface area contributed by atoms with Crippen LogP contribution in [0.4, 0.5) is 16.3 Å². The molecule has 2 aliphatic heterocycles. The standard InChI is InChI=1S/C20H27N5O7S/c1-19(2,3)32-18(29)24-7-11(27)21-14-12-9(24)6-25(15(12)23-17(22-14)33-5)16-20(4,30)13(28)10(8-26)31-16/h6,10,13,16,26,28,30H,7-8H2,1-5H3,(H,21,22,23,27)/t10-,13-,16?,20?/m1/s1. The largest absolute Gasteiger partial charge is 0.443 e. The van der Waals surface area contributed by atoms with E-state index in [1.165, 1.54) is 34.3 Å². The Labute approximate surface area is 193 Å². The Hall–Kier alpha value is -2.45. The van der Waals surface area contributed by atoms with E-state index in [0.29, 0.717) is 10.5 Å². The van der Waals surface area contributed by atoms with Gasteiger partial charge in [0.05, 0.1) is 17.7 Å². The number of aliphatic hydroxyl groups is 3. The SMILES string of the molecule is CSc1nc2c3c(cn(C4O[C@H](CO)[C@@H](O)C4(C)O)c3n1)N(C(=O)OC(C)(C)C)CC(=O)N2. The summed E-state index contributed by atoms with van der Waals surface area (Å²) in [5.41, 5.74) is -2.04. The number of carbonyl (C=O) groups excluding carboxylic acids is 2. The summed E-state index contributed by atoms with van der Waals surface area (Å²) in [5, 5.41) is 34.5. The number of aromatic nitrogens is 3. The van der Waals surface area contributed by atoms with Gasteiger partial charge in [-0.2, -0.15) is 0 Å². The fourth-order valence-electron chi connectivity index (χ4n) is 3.94. The number of anilines is 2. The zero-order valence-electron chi connectivity index (χ0n) is 18.9. The highest BCUT2D eigenvalue weighted by Crippen LogP contribution is 2.44. The van der Waals surface area contributed by atoms with Gasteiger partial charge >= 0.3 is 6.09 Å². The molecule has 12 nitrogen and oxygen atoms in total. The maximum Gasteiger partial charge on any atom is 0.415 e. The lowest BCUT2D eigenvalue weighted by atomic mass is 9.96. The normalized spacial score (nSPS) is 27.6. The van der Waals surface area contributed by atoms with E-state index in [1.54, 1.807) is 27.0 Å². The first-order chi connectivity index (χ1) is 15.4. The smallest absolute Gasteiger partial charge is 0.415 e. The molecule has 0 saturated carbocycles. The summed E-state index contributed by atoms with van der Waals surface area (Å²) in [6.45, 7) is 5.70. The molecule has 0 aliphatic carbocycles. The van der Waals surface area contributed by atoms with E-state index in [1.807, 2.05) is 0 Å². The lowest BCUT2D eigenvalue weighted by molar-refractivity contribution is -0.115. The van der Waals surface area contributed by atoms with Crippen molar-refractivity contribution in [2.24, 2.45) is 0 Å². The topological polar surface area (TPSA) is 159 Å². The van der Waals surface area contributed by atoms with Gasteiger partial charge in [0, 0.05) is 6.20 Å². The summed E-state index contributed by atoms with van der Waals surface area (Å²) in [7, 11) is 0. The number of amides is 2. The van der Waals surface area contributed by atoms with Crippen molar-refractivity contribution in [1.29, 1.82) is 0 Å². The van der Waals surface area contributed by atoms with Crippen molar-refractivity contribution < 1.29 is 34.4 Å². The molecule has 4 rings (SSSR count). The van der Waals surface area contributed by atoms with Crippen molar-refractivity contribution in [3.05, 3.63) is 6.20 Å². The molecule has 0 aromatic carbocycles. The van der Waals surface area contributed by atoms with Gasteiger partial charge in [0.2, 0.25) is 5.91 Å². The molecule has 4 N–H and O–H groups in total. The van der Waals surface area contributed by atoms with Crippen LogP contribution < -0.4 is 10.2 Å². The summed E-state index contributed by atoms with van der Waals surface area (Å²) in [6.07, 6.45) is -1.02. The molecule has 1 fully saturated rings. The van der Waals surface area contributed by atoms with Crippen LogP contribution >= 0.6 is 11.8 Å². The third kappa shape index (κ3) is 4.04. The maximum atomic E-state index is 13.0. The van der Waals surface area contributed by atoms with Crippen molar-refractivity contribution in [1.82, 2.24) is 14.5 Å². The molecule has 2 aromatic rings. The number of ether oxygens (including phenoxy) is 2.